The quantitative estimate of drug-likeness (QED) is 0.511. The molecule has 3 N–H and O–H groups in total. The van der Waals surface area contributed by atoms with Crippen LogP contribution >= 0.6 is 0 Å². The number of methoxy groups -OCH3 is 1. The number of ketones is 1. The van der Waals surface area contributed by atoms with Crippen molar-refractivity contribution in [3.05, 3.63) is 52.7 Å². The molecule has 1 aliphatic carbocycles. The van der Waals surface area contributed by atoms with Crippen LogP contribution in [0, 0.1) is 0 Å². The SMILES string of the molecule is CCN(CC)CCS(=O)(=O)c1cc2c(cc1OC)C(C)(C)c1[nH]c3cc(N)ccc3c1C2=O. The average molecular weight is 470 g/mol. The molecule has 176 valence electrons. The Hall–Kier alpha value is -2.84. The van der Waals surface area contributed by atoms with Crippen LogP contribution in [-0.2, 0) is 15.3 Å². The fourth-order valence-corrected chi connectivity index (χ4v) is 6.22. The third-order valence-electron chi connectivity index (χ3n) is 6.80. The van der Waals surface area contributed by atoms with Gasteiger partial charge in [-0.05, 0) is 42.9 Å². The van der Waals surface area contributed by atoms with Gasteiger partial charge in [0.2, 0.25) is 0 Å². The molecule has 0 fully saturated rings. The number of hydrogen-bond acceptors (Lipinski definition) is 6. The van der Waals surface area contributed by atoms with Crippen molar-refractivity contribution in [2.75, 3.05) is 38.2 Å². The molecule has 0 atom stereocenters. The molecule has 0 unspecified atom stereocenters. The number of aromatic amines is 1. The van der Waals surface area contributed by atoms with Gasteiger partial charge in [0, 0.05) is 39.8 Å². The van der Waals surface area contributed by atoms with Crippen LogP contribution in [0.4, 0.5) is 5.69 Å². The van der Waals surface area contributed by atoms with Crippen LogP contribution < -0.4 is 10.5 Å². The predicted molar refractivity (Wildman–Crippen MR) is 131 cm³/mol. The first kappa shape index (κ1) is 23.3. The summed E-state index contributed by atoms with van der Waals surface area (Å²) in [5.74, 6) is 0.0233. The molecule has 0 saturated heterocycles. The Morgan fingerprint density at radius 2 is 1.82 bits per heavy atom. The maximum atomic E-state index is 13.7. The number of benzene rings is 2. The number of nitrogens with two attached hydrogens (primary N) is 1. The van der Waals surface area contributed by atoms with Gasteiger partial charge in [0.1, 0.15) is 10.6 Å². The normalized spacial score (nSPS) is 15.0. The maximum Gasteiger partial charge on any atom is 0.195 e. The predicted octanol–water partition coefficient (Wildman–Crippen LogP) is 3.74. The highest BCUT2D eigenvalue weighted by Crippen LogP contribution is 2.46. The number of aromatic nitrogens is 1. The van der Waals surface area contributed by atoms with Crippen molar-refractivity contribution >= 4 is 32.2 Å². The minimum absolute atomic E-state index is 0.0426. The third-order valence-corrected chi connectivity index (χ3v) is 8.51. The van der Waals surface area contributed by atoms with Gasteiger partial charge in [0.05, 0.1) is 18.4 Å². The number of hydrogen-bond donors (Lipinski definition) is 2. The number of fused-ring (bicyclic) bond motifs is 4. The first-order valence-corrected chi connectivity index (χ1v) is 12.8. The summed E-state index contributed by atoms with van der Waals surface area (Å²) in [6, 6.07) is 8.63. The molecule has 7 nitrogen and oxygen atoms in total. The summed E-state index contributed by atoms with van der Waals surface area (Å²) in [4.78, 5) is 19.2. The molecular formula is C25H31N3O4S. The summed E-state index contributed by atoms with van der Waals surface area (Å²) in [7, 11) is -2.21. The number of nitrogen functional groups attached to an aromatic ring is 1. The summed E-state index contributed by atoms with van der Waals surface area (Å²) in [5.41, 5.74) is 9.27. The Kier molecular flexibility index (Phi) is 5.78. The van der Waals surface area contributed by atoms with E-state index in [1.54, 1.807) is 12.1 Å². The number of carbonyl (C=O) groups excluding carboxylic acids is 1. The Balaban J connectivity index is 1.88. The van der Waals surface area contributed by atoms with Crippen molar-refractivity contribution in [3.8, 4) is 5.75 Å². The average Bonchev–Trinajstić information content (AvgIpc) is 3.17. The Morgan fingerprint density at radius 3 is 2.45 bits per heavy atom. The van der Waals surface area contributed by atoms with E-state index in [2.05, 4.69) is 9.88 Å². The Morgan fingerprint density at radius 1 is 1.12 bits per heavy atom. The molecule has 0 bridgehead atoms. The first-order valence-electron chi connectivity index (χ1n) is 11.2. The maximum absolute atomic E-state index is 13.7. The highest BCUT2D eigenvalue weighted by molar-refractivity contribution is 7.91. The van der Waals surface area contributed by atoms with E-state index in [1.807, 2.05) is 39.8 Å². The smallest absolute Gasteiger partial charge is 0.195 e. The molecule has 4 rings (SSSR count). The van der Waals surface area contributed by atoms with Gasteiger partial charge in [-0.15, -0.1) is 0 Å². The number of nitrogens with one attached hydrogen (secondary N) is 1. The Labute approximate surface area is 194 Å². The highest BCUT2D eigenvalue weighted by Gasteiger charge is 2.41. The molecule has 2 aromatic carbocycles. The first-order chi connectivity index (χ1) is 15.5. The number of nitrogens with zero attached hydrogens (tertiary/aromatic N) is 1. The largest absolute Gasteiger partial charge is 0.495 e. The zero-order chi connectivity index (χ0) is 24.1. The van der Waals surface area contributed by atoms with Gasteiger partial charge >= 0.3 is 0 Å². The lowest BCUT2D eigenvalue weighted by Crippen LogP contribution is -2.31. The van der Waals surface area contributed by atoms with E-state index in [9.17, 15) is 13.2 Å². The second-order valence-corrected chi connectivity index (χ2v) is 11.1. The van der Waals surface area contributed by atoms with Crippen molar-refractivity contribution in [2.24, 2.45) is 0 Å². The third kappa shape index (κ3) is 3.71. The van der Waals surface area contributed by atoms with Crippen LogP contribution in [0.3, 0.4) is 0 Å². The summed E-state index contributed by atoms with van der Waals surface area (Å²) in [5, 5.41) is 0.782. The zero-order valence-corrected chi connectivity index (χ0v) is 20.6. The number of rotatable bonds is 7. The van der Waals surface area contributed by atoms with Gasteiger partial charge in [0.25, 0.3) is 0 Å². The summed E-state index contributed by atoms with van der Waals surface area (Å²) in [6.45, 7) is 10.0. The van der Waals surface area contributed by atoms with E-state index in [-0.39, 0.29) is 22.2 Å². The minimum Gasteiger partial charge on any atom is -0.495 e. The molecular weight excluding hydrogens is 438 g/mol. The van der Waals surface area contributed by atoms with Crippen LogP contribution in [0.15, 0.2) is 35.2 Å². The summed E-state index contributed by atoms with van der Waals surface area (Å²) in [6.07, 6.45) is 0. The van der Waals surface area contributed by atoms with E-state index in [1.165, 1.54) is 13.2 Å². The van der Waals surface area contributed by atoms with E-state index >= 15 is 0 Å². The number of ether oxygens (including phenoxy) is 1. The standard InChI is InChI=1S/C25H31N3O4S/c1-6-28(7-2)10-11-33(30,31)21-13-17-18(14-20(21)32-5)25(3,4)24-22(23(17)29)16-9-8-15(26)12-19(16)27-24/h8-9,12-14,27H,6-7,10-11,26H2,1-5H3. The van der Waals surface area contributed by atoms with Gasteiger partial charge in [-0.1, -0.05) is 33.8 Å². The topological polar surface area (TPSA) is 105 Å². The van der Waals surface area contributed by atoms with Gasteiger partial charge in [0.15, 0.2) is 15.6 Å². The van der Waals surface area contributed by atoms with Gasteiger partial charge in [-0.25, -0.2) is 8.42 Å². The molecule has 0 amide bonds. The van der Waals surface area contributed by atoms with E-state index in [0.29, 0.717) is 23.4 Å². The minimum atomic E-state index is -3.67. The van der Waals surface area contributed by atoms with Crippen LogP contribution in [0.5, 0.6) is 5.75 Å². The molecule has 0 radical (unpaired) electrons. The number of carbonyl (C=O) groups is 1. The molecule has 0 saturated carbocycles. The van der Waals surface area contributed by atoms with Crippen molar-refractivity contribution in [3.63, 3.8) is 0 Å². The van der Waals surface area contributed by atoms with Crippen LogP contribution in [-0.4, -0.2) is 56.6 Å². The van der Waals surface area contributed by atoms with E-state index in [0.717, 1.165) is 35.2 Å². The summed E-state index contributed by atoms with van der Waals surface area (Å²) < 4.78 is 32.1. The second-order valence-electron chi connectivity index (χ2n) is 9.03. The Bertz CT molecular complexity index is 1350. The molecule has 0 spiro atoms. The molecule has 33 heavy (non-hydrogen) atoms. The lowest BCUT2D eigenvalue weighted by molar-refractivity contribution is 0.103. The fourth-order valence-electron chi connectivity index (χ4n) is 4.76. The van der Waals surface area contributed by atoms with Crippen molar-refractivity contribution in [2.45, 2.75) is 38.0 Å². The number of H-pyrrole nitrogens is 1. The van der Waals surface area contributed by atoms with Gasteiger partial charge in [-0.3, -0.25) is 4.79 Å². The molecule has 1 aliphatic rings. The molecule has 3 aromatic rings. The van der Waals surface area contributed by atoms with Crippen LogP contribution in [0.25, 0.3) is 10.9 Å². The second kappa shape index (κ2) is 8.18. The van der Waals surface area contributed by atoms with Gasteiger partial charge in [-0.2, -0.15) is 0 Å². The lowest BCUT2D eigenvalue weighted by atomic mass is 9.71. The van der Waals surface area contributed by atoms with Crippen molar-refractivity contribution in [1.82, 2.24) is 9.88 Å². The lowest BCUT2D eigenvalue weighted by Gasteiger charge is -2.33. The highest BCUT2D eigenvalue weighted by atomic mass is 32.2. The van der Waals surface area contributed by atoms with Crippen LogP contribution in [0.2, 0.25) is 0 Å². The molecule has 1 heterocycles. The summed E-state index contributed by atoms with van der Waals surface area (Å²) >= 11 is 0. The molecule has 0 aliphatic heterocycles. The molecule has 8 heteroatoms. The number of sulfone groups is 1. The van der Waals surface area contributed by atoms with E-state index in [4.69, 9.17) is 10.5 Å². The number of anilines is 1. The zero-order valence-electron chi connectivity index (χ0n) is 19.8. The van der Waals surface area contributed by atoms with Crippen molar-refractivity contribution in [1.29, 1.82) is 0 Å². The fraction of sp³-hybridized carbons (Fsp3) is 0.400. The van der Waals surface area contributed by atoms with Crippen LogP contribution in [0.1, 0.15) is 54.9 Å². The molecule has 1 aromatic heterocycles. The van der Waals surface area contributed by atoms with Crippen molar-refractivity contribution < 1.29 is 17.9 Å². The van der Waals surface area contributed by atoms with E-state index < -0.39 is 15.3 Å². The van der Waals surface area contributed by atoms with Gasteiger partial charge < -0.3 is 20.4 Å². The monoisotopic (exact) mass is 469 g/mol.